The molecule has 0 aliphatic carbocycles. The van der Waals surface area contributed by atoms with Crippen molar-refractivity contribution in [3.8, 4) is 0 Å². The van der Waals surface area contributed by atoms with E-state index < -0.39 is 10.0 Å². The molecule has 1 aromatic rings. The summed E-state index contributed by atoms with van der Waals surface area (Å²) < 4.78 is 22.1. The van der Waals surface area contributed by atoms with Gasteiger partial charge in [0.05, 0.1) is 6.20 Å². The number of H-pyrrole nitrogens is 1. The lowest BCUT2D eigenvalue weighted by molar-refractivity contribution is 0.573. The minimum atomic E-state index is -3.70. The molecule has 0 spiro atoms. The van der Waals surface area contributed by atoms with Gasteiger partial charge >= 0.3 is 0 Å². The minimum absolute atomic E-state index is 0.0225. The maximum Gasteiger partial charge on any atom is 0.255 e. The molecule has 1 aromatic heterocycles. The molecule has 0 atom stereocenters. The summed E-state index contributed by atoms with van der Waals surface area (Å²) in [5.41, 5.74) is 0.557. The maximum atomic E-state index is 11.0. The average Bonchev–Trinajstić information content (AvgIpc) is 2.46. The number of nitrogens with one attached hydrogen (secondary N) is 2. The van der Waals surface area contributed by atoms with Gasteiger partial charge in [-0.3, -0.25) is 5.10 Å². The van der Waals surface area contributed by atoms with Crippen molar-refractivity contribution in [2.75, 3.05) is 0 Å². The predicted octanol–water partition coefficient (Wildman–Crippen LogP) is -0.445. The molecule has 1 rings (SSSR count). The van der Waals surface area contributed by atoms with Crippen molar-refractivity contribution in [1.29, 1.82) is 0 Å². The van der Waals surface area contributed by atoms with Crippen molar-refractivity contribution in [2.45, 2.75) is 31.5 Å². The minimum Gasteiger partial charge on any atom is -0.310 e. The average molecular weight is 218 g/mol. The van der Waals surface area contributed by atoms with E-state index in [2.05, 4.69) is 15.5 Å². The summed E-state index contributed by atoms with van der Waals surface area (Å²) in [6.45, 7) is 4.37. The van der Waals surface area contributed by atoms with Gasteiger partial charge in [-0.2, -0.15) is 5.10 Å². The molecule has 0 unspecified atom stereocenters. The Labute approximate surface area is 82.9 Å². The highest BCUT2D eigenvalue weighted by molar-refractivity contribution is 7.89. The quantitative estimate of drug-likeness (QED) is 0.637. The summed E-state index contributed by atoms with van der Waals surface area (Å²) in [6.07, 6.45) is 1.45. The van der Waals surface area contributed by atoms with Crippen LogP contribution in [0.4, 0.5) is 0 Å². The third kappa shape index (κ3) is 2.79. The predicted molar refractivity (Wildman–Crippen MR) is 51.9 cm³/mol. The van der Waals surface area contributed by atoms with Gasteiger partial charge in [-0.25, -0.2) is 13.6 Å². The Kier molecular flexibility index (Phi) is 3.25. The second-order valence-corrected chi connectivity index (χ2v) is 4.80. The first-order valence-electron chi connectivity index (χ1n) is 4.19. The molecule has 0 aliphatic heterocycles. The molecule has 4 N–H and O–H groups in total. The molecule has 0 saturated carbocycles. The van der Waals surface area contributed by atoms with Crippen LogP contribution >= 0.6 is 0 Å². The topological polar surface area (TPSA) is 101 Å². The Morgan fingerprint density at radius 3 is 2.79 bits per heavy atom. The number of nitrogens with zero attached hydrogens (tertiary/aromatic N) is 1. The van der Waals surface area contributed by atoms with E-state index in [1.807, 2.05) is 13.8 Å². The second-order valence-electron chi connectivity index (χ2n) is 3.30. The summed E-state index contributed by atoms with van der Waals surface area (Å²) in [7, 11) is -3.70. The van der Waals surface area contributed by atoms with E-state index >= 15 is 0 Å². The Morgan fingerprint density at radius 1 is 1.64 bits per heavy atom. The van der Waals surface area contributed by atoms with Gasteiger partial charge in [0.25, 0.3) is 10.0 Å². The van der Waals surface area contributed by atoms with Crippen LogP contribution in [0.2, 0.25) is 0 Å². The Hall–Kier alpha value is -0.920. The fourth-order valence-corrected chi connectivity index (χ4v) is 1.66. The molecule has 0 amide bonds. The fourth-order valence-electron chi connectivity index (χ4n) is 0.986. The molecule has 0 fully saturated rings. The van der Waals surface area contributed by atoms with E-state index in [0.29, 0.717) is 12.1 Å². The van der Waals surface area contributed by atoms with Crippen LogP contribution in [-0.2, 0) is 16.6 Å². The lowest BCUT2D eigenvalue weighted by Crippen LogP contribution is -2.23. The van der Waals surface area contributed by atoms with Crippen LogP contribution in [0.5, 0.6) is 0 Å². The van der Waals surface area contributed by atoms with Crippen molar-refractivity contribution in [1.82, 2.24) is 15.5 Å². The van der Waals surface area contributed by atoms with Gasteiger partial charge in [-0.05, 0) is 0 Å². The number of aromatic amines is 1. The van der Waals surface area contributed by atoms with Crippen molar-refractivity contribution in [2.24, 2.45) is 5.14 Å². The van der Waals surface area contributed by atoms with E-state index in [0.717, 1.165) is 0 Å². The highest BCUT2D eigenvalue weighted by Crippen LogP contribution is 2.09. The molecule has 0 aliphatic rings. The van der Waals surface area contributed by atoms with Crippen molar-refractivity contribution < 1.29 is 8.42 Å². The lowest BCUT2D eigenvalue weighted by Gasteiger charge is -2.06. The molecule has 0 saturated heterocycles. The molecule has 0 bridgehead atoms. The Balaban J connectivity index is 2.84. The third-order valence-corrected chi connectivity index (χ3v) is 2.59. The SMILES string of the molecule is CC(C)NCc1cn[nH]c1S(N)(=O)=O. The molecular formula is C7H14N4O2S. The first-order valence-corrected chi connectivity index (χ1v) is 5.74. The largest absolute Gasteiger partial charge is 0.310 e. The van der Waals surface area contributed by atoms with Gasteiger partial charge in [0.2, 0.25) is 0 Å². The molecule has 80 valence electrons. The van der Waals surface area contributed by atoms with E-state index in [1.165, 1.54) is 6.20 Å². The van der Waals surface area contributed by atoms with E-state index in [1.54, 1.807) is 0 Å². The van der Waals surface area contributed by atoms with Gasteiger partial charge < -0.3 is 5.32 Å². The maximum absolute atomic E-state index is 11.0. The summed E-state index contributed by atoms with van der Waals surface area (Å²) in [5.74, 6) is 0. The standard InChI is InChI=1S/C7H14N4O2S/c1-5(2)9-3-6-4-10-11-7(6)14(8,12)13/h4-5,9H,3H2,1-2H3,(H,10,11)(H2,8,12,13). The number of nitrogens with two attached hydrogens (primary N) is 1. The van der Waals surface area contributed by atoms with Crippen LogP contribution in [0.3, 0.4) is 0 Å². The van der Waals surface area contributed by atoms with Crippen molar-refractivity contribution >= 4 is 10.0 Å². The van der Waals surface area contributed by atoms with Gasteiger partial charge in [-0.1, -0.05) is 13.8 Å². The Bertz CT molecular complexity index is 396. The van der Waals surface area contributed by atoms with Crippen molar-refractivity contribution in [3.63, 3.8) is 0 Å². The molecule has 7 heteroatoms. The van der Waals surface area contributed by atoms with Crippen LogP contribution in [-0.4, -0.2) is 24.7 Å². The van der Waals surface area contributed by atoms with Crippen molar-refractivity contribution in [3.05, 3.63) is 11.8 Å². The van der Waals surface area contributed by atoms with E-state index in [-0.39, 0.29) is 11.1 Å². The Morgan fingerprint density at radius 2 is 2.29 bits per heavy atom. The number of hydrogen-bond acceptors (Lipinski definition) is 4. The van der Waals surface area contributed by atoms with Crippen LogP contribution < -0.4 is 10.5 Å². The van der Waals surface area contributed by atoms with Gasteiger partial charge in [0, 0.05) is 18.2 Å². The first-order chi connectivity index (χ1) is 6.41. The second kappa shape index (κ2) is 4.07. The lowest BCUT2D eigenvalue weighted by atomic mass is 10.3. The zero-order valence-electron chi connectivity index (χ0n) is 8.11. The highest BCUT2D eigenvalue weighted by Gasteiger charge is 2.15. The van der Waals surface area contributed by atoms with E-state index in [9.17, 15) is 8.42 Å². The first kappa shape index (κ1) is 11.2. The fraction of sp³-hybridized carbons (Fsp3) is 0.571. The molecular weight excluding hydrogens is 204 g/mol. The molecule has 0 aromatic carbocycles. The number of sulfonamides is 1. The summed E-state index contributed by atoms with van der Waals surface area (Å²) in [6, 6.07) is 0.276. The number of primary sulfonamides is 1. The molecule has 0 radical (unpaired) electrons. The monoisotopic (exact) mass is 218 g/mol. The number of aromatic nitrogens is 2. The number of rotatable bonds is 4. The van der Waals surface area contributed by atoms with Gasteiger partial charge in [-0.15, -0.1) is 0 Å². The molecule has 1 heterocycles. The summed E-state index contributed by atoms with van der Waals surface area (Å²) in [5, 5.41) is 14.0. The van der Waals surface area contributed by atoms with E-state index in [4.69, 9.17) is 5.14 Å². The van der Waals surface area contributed by atoms with Crippen LogP contribution in [0, 0.1) is 0 Å². The summed E-state index contributed by atoms with van der Waals surface area (Å²) in [4.78, 5) is 0. The highest BCUT2D eigenvalue weighted by atomic mass is 32.2. The number of hydrogen-bond donors (Lipinski definition) is 3. The molecule has 14 heavy (non-hydrogen) atoms. The normalized spacial score (nSPS) is 12.3. The molecule has 6 nitrogen and oxygen atoms in total. The zero-order chi connectivity index (χ0) is 10.8. The third-order valence-electron chi connectivity index (χ3n) is 1.66. The van der Waals surface area contributed by atoms with Gasteiger partial charge in [0.1, 0.15) is 0 Å². The smallest absolute Gasteiger partial charge is 0.255 e. The summed E-state index contributed by atoms with van der Waals surface area (Å²) >= 11 is 0. The van der Waals surface area contributed by atoms with Crippen LogP contribution in [0.25, 0.3) is 0 Å². The van der Waals surface area contributed by atoms with Crippen LogP contribution in [0.1, 0.15) is 19.4 Å². The van der Waals surface area contributed by atoms with Gasteiger partial charge in [0.15, 0.2) is 5.03 Å². The van der Waals surface area contributed by atoms with Crippen LogP contribution in [0.15, 0.2) is 11.2 Å². The zero-order valence-corrected chi connectivity index (χ0v) is 8.93.